The molecule has 28 heavy (non-hydrogen) atoms. The number of carbonyl (C=O) groups excluding carboxylic acids is 1. The van der Waals surface area contributed by atoms with Gasteiger partial charge in [-0.25, -0.2) is 4.98 Å². The van der Waals surface area contributed by atoms with Crippen LogP contribution in [0.1, 0.15) is 34.8 Å². The molecule has 1 N–H and O–H groups in total. The van der Waals surface area contributed by atoms with Crippen molar-refractivity contribution < 1.29 is 14.3 Å². The van der Waals surface area contributed by atoms with Gasteiger partial charge in [0.05, 0.1) is 18.0 Å². The lowest BCUT2D eigenvalue weighted by Gasteiger charge is -2.13. The number of ether oxygens (including phenoxy) is 2. The molecule has 0 bridgehead atoms. The number of thiazole rings is 1. The van der Waals surface area contributed by atoms with Gasteiger partial charge in [0.2, 0.25) is 0 Å². The zero-order chi connectivity index (χ0) is 19.7. The Morgan fingerprint density at radius 2 is 2.11 bits per heavy atom. The van der Waals surface area contributed by atoms with E-state index in [9.17, 15) is 4.79 Å². The fourth-order valence-electron chi connectivity index (χ4n) is 3.30. The number of carbonyl (C=O) groups is 1. The van der Waals surface area contributed by atoms with E-state index in [1.54, 1.807) is 0 Å². The second-order valence-electron chi connectivity index (χ2n) is 6.78. The molecule has 0 radical (unpaired) electrons. The predicted molar refractivity (Wildman–Crippen MR) is 112 cm³/mol. The Morgan fingerprint density at radius 3 is 2.86 bits per heavy atom. The molecule has 0 saturated heterocycles. The minimum Gasteiger partial charge on any atom is -0.492 e. The second kappa shape index (κ2) is 7.64. The number of anilines is 1. The lowest BCUT2D eigenvalue weighted by molar-refractivity contribution is 0.102. The van der Waals surface area contributed by atoms with E-state index in [1.807, 2.05) is 63.2 Å². The summed E-state index contributed by atoms with van der Waals surface area (Å²) in [5.41, 5.74) is 3.44. The molecule has 1 aromatic heterocycles. The summed E-state index contributed by atoms with van der Waals surface area (Å²) >= 11 is 1.39. The summed E-state index contributed by atoms with van der Waals surface area (Å²) in [5, 5.41) is 3.82. The summed E-state index contributed by atoms with van der Waals surface area (Å²) in [5.74, 6) is 1.28. The minimum absolute atomic E-state index is 0.132. The number of nitrogens with zero attached hydrogens (tertiary/aromatic N) is 1. The average molecular weight is 394 g/mol. The molecule has 5 nitrogen and oxygen atoms in total. The van der Waals surface area contributed by atoms with Gasteiger partial charge < -0.3 is 14.8 Å². The molecular formula is C22H22N2O3S. The Hall–Kier alpha value is -2.86. The SMILES string of the molecule is CCOc1cc2c(cc1NC(=O)c1sc(-c3ccccc3)nc1C)OC(C)C2. The normalized spacial score (nSPS) is 15.0. The van der Waals surface area contributed by atoms with Crippen LogP contribution in [0.2, 0.25) is 0 Å². The summed E-state index contributed by atoms with van der Waals surface area (Å²) in [7, 11) is 0. The minimum atomic E-state index is -0.191. The van der Waals surface area contributed by atoms with Crippen LogP contribution in [-0.4, -0.2) is 23.6 Å². The highest BCUT2D eigenvalue weighted by Crippen LogP contribution is 2.38. The molecule has 1 atom stereocenters. The maximum Gasteiger partial charge on any atom is 0.267 e. The number of nitrogens with one attached hydrogen (secondary N) is 1. The topological polar surface area (TPSA) is 60.5 Å². The zero-order valence-electron chi connectivity index (χ0n) is 16.1. The Labute approximate surface area is 168 Å². The first kappa shape index (κ1) is 18.5. The van der Waals surface area contributed by atoms with Crippen molar-refractivity contribution in [2.75, 3.05) is 11.9 Å². The van der Waals surface area contributed by atoms with Gasteiger partial charge in [0.15, 0.2) is 0 Å². The fraction of sp³-hybridized carbons (Fsp3) is 0.273. The third kappa shape index (κ3) is 3.60. The third-order valence-electron chi connectivity index (χ3n) is 4.57. The van der Waals surface area contributed by atoms with Crippen LogP contribution in [0.5, 0.6) is 11.5 Å². The summed E-state index contributed by atoms with van der Waals surface area (Å²) in [4.78, 5) is 18.1. The largest absolute Gasteiger partial charge is 0.492 e. The quantitative estimate of drug-likeness (QED) is 0.655. The van der Waals surface area contributed by atoms with Gasteiger partial charge in [-0.05, 0) is 26.8 Å². The third-order valence-corrected chi connectivity index (χ3v) is 5.78. The molecule has 0 fully saturated rings. The standard InChI is InChI=1S/C22H22N2O3S/c1-4-26-19-11-16-10-13(2)27-18(16)12-17(19)24-21(25)20-14(3)23-22(28-20)15-8-6-5-7-9-15/h5-9,11-13H,4,10H2,1-3H3,(H,24,25). The lowest BCUT2D eigenvalue weighted by Crippen LogP contribution is -2.13. The van der Waals surface area contributed by atoms with E-state index in [1.165, 1.54) is 11.3 Å². The molecular weight excluding hydrogens is 372 g/mol. The number of fused-ring (bicyclic) bond motifs is 1. The molecule has 1 aliphatic rings. The Bertz CT molecular complexity index is 1010. The van der Waals surface area contributed by atoms with Gasteiger partial charge in [-0.3, -0.25) is 4.79 Å². The van der Waals surface area contributed by atoms with Crippen LogP contribution in [0.4, 0.5) is 5.69 Å². The Kier molecular flexibility index (Phi) is 5.05. The predicted octanol–water partition coefficient (Wildman–Crippen LogP) is 5.09. The number of aromatic nitrogens is 1. The molecule has 2 aromatic carbocycles. The molecule has 1 unspecified atom stereocenters. The van der Waals surface area contributed by atoms with Crippen molar-refractivity contribution in [1.82, 2.24) is 4.98 Å². The van der Waals surface area contributed by atoms with Gasteiger partial charge in [0.1, 0.15) is 27.5 Å². The number of benzene rings is 2. The highest BCUT2D eigenvalue weighted by atomic mass is 32.1. The molecule has 144 valence electrons. The molecule has 6 heteroatoms. The molecule has 1 aliphatic heterocycles. The van der Waals surface area contributed by atoms with E-state index in [0.29, 0.717) is 28.6 Å². The highest BCUT2D eigenvalue weighted by Gasteiger charge is 2.24. The van der Waals surface area contributed by atoms with Crippen molar-refractivity contribution in [3.05, 3.63) is 58.6 Å². The van der Waals surface area contributed by atoms with Crippen molar-refractivity contribution in [1.29, 1.82) is 0 Å². The van der Waals surface area contributed by atoms with Gasteiger partial charge in [-0.1, -0.05) is 30.3 Å². The maximum atomic E-state index is 13.0. The summed E-state index contributed by atoms with van der Waals surface area (Å²) in [6, 6.07) is 13.7. The average Bonchev–Trinajstić information content (AvgIpc) is 3.24. The summed E-state index contributed by atoms with van der Waals surface area (Å²) in [6.45, 7) is 6.34. The number of aryl methyl sites for hydroxylation is 1. The van der Waals surface area contributed by atoms with Gasteiger partial charge in [-0.2, -0.15) is 0 Å². The molecule has 0 spiro atoms. The molecule has 2 heterocycles. The molecule has 0 aliphatic carbocycles. The number of amides is 1. The van der Waals surface area contributed by atoms with Crippen molar-refractivity contribution in [2.24, 2.45) is 0 Å². The highest BCUT2D eigenvalue weighted by molar-refractivity contribution is 7.17. The lowest BCUT2D eigenvalue weighted by atomic mass is 10.1. The first-order valence-electron chi connectivity index (χ1n) is 9.35. The van der Waals surface area contributed by atoms with Crippen LogP contribution < -0.4 is 14.8 Å². The number of hydrogen-bond acceptors (Lipinski definition) is 5. The van der Waals surface area contributed by atoms with Crippen LogP contribution in [0.15, 0.2) is 42.5 Å². The summed E-state index contributed by atoms with van der Waals surface area (Å²) < 4.78 is 11.6. The molecule has 1 amide bonds. The van der Waals surface area contributed by atoms with Gasteiger partial charge in [-0.15, -0.1) is 11.3 Å². The monoisotopic (exact) mass is 394 g/mol. The molecule has 0 saturated carbocycles. The van der Waals surface area contributed by atoms with Gasteiger partial charge in [0.25, 0.3) is 5.91 Å². The van der Waals surface area contributed by atoms with Crippen molar-refractivity contribution >= 4 is 22.9 Å². The van der Waals surface area contributed by atoms with Crippen LogP contribution in [0.25, 0.3) is 10.6 Å². The van der Waals surface area contributed by atoms with E-state index in [2.05, 4.69) is 10.3 Å². The number of rotatable bonds is 5. The van der Waals surface area contributed by atoms with E-state index in [0.717, 1.165) is 28.3 Å². The second-order valence-corrected chi connectivity index (χ2v) is 7.77. The first-order chi connectivity index (χ1) is 13.5. The molecule has 4 rings (SSSR count). The maximum absolute atomic E-state index is 13.0. The van der Waals surface area contributed by atoms with Crippen LogP contribution in [0.3, 0.4) is 0 Å². The van der Waals surface area contributed by atoms with E-state index in [-0.39, 0.29) is 12.0 Å². The van der Waals surface area contributed by atoms with Crippen molar-refractivity contribution in [3.63, 3.8) is 0 Å². The number of hydrogen-bond donors (Lipinski definition) is 1. The Morgan fingerprint density at radius 1 is 1.32 bits per heavy atom. The first-order valence-corrected chi connectivity index (χ1v) is 10.2. The zero-order valence-corrected chi connectivity index (χ0v) is 16.9. The smallest absolute Gasteiger partial charge is 0.267 e. The van der Waals surface area contributed by atoms with E-state index in [4.69, 9.17) is 9.47 Å². The van der Waals surface area contributed by atoms with Crippen molar-refractivity contribution in [2.45, 2.75) is 33.3 Å². The Balaban J connectivity index is 1.62. The fourth-order valence-corrected chi connectivity index (χ4v) is 4.27. The van der Waals surface area contributed by atoms with E-state index < -0.39 is 0 Å². The van der Waals surface area contributed by atoms with Gasteiger partial charge >= 0.3 is 0 Å². The van der Waals surface area contributed by atoms with Gasteiger partial charge in [0, 0.05) is 23.6 Å². The van der Waals surface area contributed by atoms with Crippen LogP contribution >= 0.6 is 11.3 Å². The van der Waals surface area contributed by atoms with E-state index >= 15 is 0 Å². The molecule has 3 aromatic rings. The van der Waals surface area contributed by atoms with Crippen molar-refractivity contribution in [3.8, 4) is 22.1 Å². The summed E-state index contributed by atoms with van der Waals surface area (Å²) in [6.07, 6.45) is 0.977. The van der Waals surface area contributed by atoms with Crippen LogP contribution in [-0.2, 0) is 6.42 Å². The van der Waals surface area contributed by atoms with Crippen LogP contribution in [0, 0.1) is 6.92 Å².